The third-order valence-corrected chi connectivity index (χ3v) is 2.93. The minimum atomic E-state index is 0.175. The molecule has 1 aromatic heterocycles. The minimum absolute atomic E-state index is 0.175. The number of hydrogen-bond donors (Lipinski definition) is 1. The Bertz CT molecular complexity index is 354. The fourth-order valence-corrected chi connectivity index (χ4v) is 1.94. The molecule has 1 N–H and O–H groups in total. The summed E-state index contributed by atoms with van der Waals surface area (Å²) in [7, 11) is 0. The standard InChI is InChI=1S/C13H17NO2/c15-13(12-4-2-1-3-5-12)14-8-6-11-7-9-16-10-11/h1-2,7,9-10,12H,3-6,8H2,(H,14,15)/t12-/m0/s1. The van der Waals surface area contributed by atoms with Gasteiger partial charge in [0, 0.05) is 12.5 Å². The topological polar surface area (TPSA) is 42.2 Å². The normalized spacial score (nSPS) is 19.6. The molecular weight excluding hydrogens is 202 g/mol. The predicted molar refractivity (Wildman–Crippen MR) is 61.9 cm³/mol. The van der Waals surface area contributed by atoms with E-state index in [-0.39, 0.29) is 11.8 Å². The molecule has 3 heteroatoms. The number of carbonyl (C=O) groups is 1. The zero-order valence-electron chi connectivity index (χ0n) is 9.32. The van der Waals surface area contributed by atoms with Crippen LogP contribution in [0.15, 0.2) is 35.2 Å². The van der Waals surface area contributed by atoms with E-state index >= 15 is 0 Å². The van der Waals surface area contributed by atoms with E-state index in [0.717, 1.165) is 31.2 Å². The van der Waals surface area contributed by atoms with Crippen LogP contribution in [0.5, 0.6) is 0 Å². The lowest BCUT2D eigenvalue weighted by Crippen LogP contribution is -2.32. The van der Waals surface area contributed by atoms with Crippen LogP contribution in [-0.2, 0) is 11.2 Å². The van der Waals surface area contributed by atoms with E-state index in [1.165, 1.54) is 0 Å². The molecule has 1 heterocycles. The Morgan fingerprint density at radius 3 is 3.12 bits per heavy atom. The molecule has 3 nitrogen and oxygen atoms in total. The number of nitrogens with one attached hydrogen (secondary N) is 1. The molecule has 0 aromatic carbocycles. The number of allylic oxidation sites excluding steroid dienone is 2. The Balaban J connectivity index is 1.69. The maximum Gasteiger partial charge on any atom is 0.223 e. The van der Waals surface area contributed by atoms with Crippen molar-refractivity contribution in [2.24, 2.45) is 5.92 Å². The van der Waals surface area contributed by atoms with Gasteiger partial charge in [-0.15, -0.1) is 0 Å². The van der Waals surface area contributed by atoms with Gasteiger partial charge in [-0.1, -0.05) is 12.2 Å². The number of carbonyl (C=O) groups excluding carboxylic acids is 1. The second-order valence-electron chi connectivity index (χ2n) is 4.15. The molecule has 1 aliphatic carbocycles. The first-order valence-electron chi connectivity index (χ1n) is 5.80. The first-order chi connectivity index (χ1) is 7.86. The second kappa shape index (κ2) is 5.54. The summed E-state index contributed by atoms with van der Waals surface area (Å²) in [5.41, 5.74) is 1.13. The van der Waals surface area contributed by atoms with Crippen molar-refractivity contribution in [2.45, 2.75) is 25.7 Å². The molecule has 1 atom stereocenters. The molecule has 1 amide bonds. The lowest BCUT2D eigenvalue weighted by molar-refractivity contribution is -0.125. The Morgan fingerprint density at radius 2 is 2.44 bits per heavy atom. The lowest BCUT2D eigenvalue weighted by atomic mass is 9.94. The zero-order valence-corrected chi connectivity index (χ0v) is 9.32. The summed E-state index contributed by atoms with van der Waals surface area (Å²) in [6, 6.07) is 1.93. The average molecular weight is 219 g/mol. The monoisotopic (exact) mass is 219 g/mol. The molecule has 1 aromatic rings. The summed E-state index contributed by atoms with van der Waals surface area (Å²) in [6.07, 6.45) is 11.4. The largest absolute Gasteiger partial charge is 0.472 e. The van der Waals surface area contributed by atoms with Crippen LogP contribution < -0.4 is 5.32 Å². The summed E-state index contributed by atoms with van der Waals surface area (Å²) < 4.78 is 4.97. The van der Waals surface area contributed by atoms with E-state index in [4.69, 9.17) is 4.42 Å². The predicted octanol–water partition coefficient (Wildman–Crippen LogP) is 2.29. The van der Waals surface area contributed by atoms with Crippen molar-refractivity contribution in [3.63, 3.8) is 0 Å². The van der Waals surface area contributed by atoms with Crippen molar-refractivity contribution in [1.82, 2.24) is 5.32 Å². The number of hydrogen-bond acceptors (Lipinski definition) is 2. The van der Waals surface area contributed by atoms with Crippen molar-refractivity contribution in [2.75, 3.05) is 6.54 Å². The highest BCUT2D eigenvalue weighted by molar-refractivity contribution is 5.78. The summed E-state index contributed by atoms with van der Waals surface area (Å²) >= 11 is 0. The molecule has 0 aliphatic heterocycles. The maximum absolute atomic E-state index is 11.8. The van der Waals surface area contributed by atoms with Crippen molar-refractivity contribution >= 4 is 5.91 Å². The number of rotatable bonds is 4. The van der Waals surface area contributed by atoms with E-state index in [1.807, 2.05) is 6.07 Å². The maximum atomic E-state index is 11.8. The van der Waals surface area contributed by atoms with E-state index in [9.17, 15) is 4.79 Å². The fraction of sp³-hybridized carbons (Fsp3) is 0.462. The smallest absolute Gasteiger partial charge is 0.223 e. The SMILES string of the molecule is O=C(NCCc1ccoc1)[C@H]1CC=CCC1. The highest BCUT2D eigenvalue weighted by atomic mass is 16.3. The van der Waals surface area contributed by atoms with Crippen LogP contribution in [0, 0.1) is 5.92 Å². The summed E-state index contributed by atoms with van der Waals surface area (Å²) in [6.45, 7) is 0.693. The summed E-state index contributed by atoms with van der Waals surface area (Å²) in [5, 5.41) is 2.98. The van der Waals surface area contributed by atoms with Gasteiger partial charge in [-0.05, 0) is 37.3 Å². The van der Waals surface area contributed by atoms with Gasteiger partial charge in [0.2, 0.25) is 5.91 Å². The molecule has 86 valence electrons. The van der Waals surface area contributed by atoms with Crippen LogP contribution in [0.3, 0.4) is 0 Å². The minimum Gasteiger partial charge on any atom is -0.472 e. The average Bonchev–Trinajstić information content (AvgIpc) is 2.83. The highest BCUT2D eigenvalue weighted by Gasteiger charge is 2.17. The van der Waals surface area contributed by atoms with Gasteiger partial charge in [0.15, 0.2) is 0 Å². The van der Waals surface area contributed by atoms with Crippen LogP contribution in [0.1, 0.15) is 24.8 Å². The quantitative estimate of drug-likeness (QED) is 0.789. The molecule has 1 aliphatic rings. The van der Waals surface area contributed by atoms with Gasteiger partial charge in [0.25, 0.3) is 0 Å². The summed E-state index contributed by atoms with van der Waals surface area (Å²) in [4.78, 5) is 11.8. The first-order valence-corrected chi connectivity index (χ1v) is 5.80. The number of furan rings is 1. The van der Waals surface area contributed by atoms with Gasteiger partial charge >= 0.3 is 0 Å². The Hall–Kier alpha value is -1.51. The molecule has 0 fully saturated rings. The van der Waals surface area contributed by atoms with Gasteiger partial charge in [-0.2, -0.15) is 0 Å². The zero-order chi connectivity index (χ0) is 11.2. The van der Waals surface area contributed by atoms with Crippen LogP contribution in [0.4, 0.5) is 0 Å². The Kier molecular flexibility index (Phi) is 3.81. The molecule has 0 radical (unpaired) electrons. The second-order valence-corrected chi connectivity index (χ2v) is 4.15. The Morgan fingerprint density at radius 1 is 1.50 bits per heavy atom. The van der Waals surface area contributed by atoms with Crippen molar-refractivity contribution in [3.8, 4) is 0 Å². The van der Waals surface area contributed by atoms with Crippen LogP contribution in [0.25, 0.3) is 0 Å². The Labute approximate surface area is 95.5 Å². The molecule has 2 rings (SSSR count). The molecule has 16 heavy (non-hydrogen) atoms. The molecule has 0 saturated heterocycles. The van der Waals surface area contributed by atoms with Gasteiger partial charge < -0.3 is 9.73 Å². The molecular formula is C13H17NO2. The van der Waals surface area contributed by atoms with Gasteiger partial charge in [0.05, 0.1) is 12.5 Å². The number of amides is 1. The highest BCUT2D eigenvalue weighted by Crippen LogP contribution is 2.17. The van der Waals surface area contributed by atoms with Crippen LogP contribution >= 0.6 is 0 Å². The van der Waals surface area contributed by atoms with E-state index in [2.05, 4.69) is 17.5 Å². The van der Waals surface area contributed by atoms with E-state index in [0.29, 0.717) is 6.54 Å². The van der Waals surface area contributed by atoms with E-state index < -0.39 is 0 Å². The third-order valence-electron chi connectivity index (χ3n) is 2.93. The van der Waals surface area contributed by atoms with Gasteiger partial charge in [-0.3, -0.25) is 4.79 Å². The van der Waals surface area contributed by atoms with E-state index in [1.54, 1.807) is 12.5 Å². The molecule has 0 spiro atoms. The fourth-order valence-electron chi connectivity index (χ4n) is 1.94. The van der Waals surface area contributed by atoms with Crippen molar-refractivity contribution in [3.05, 3.63) is 36.3 Å². The van der Waals surface area contributed by atoms with Crippen LogP contribution in [-0.4, -0.2) is 12.5 Å². The molecule has 0 bridgehead atoms. The summed E-state index contributed by atoms with van der Waals surface area (Å²) in [5.74, 6) is 0.363. The van der Waals surface area contributed by atoms with Crippen molar-refractivity contribution < 1.29 is 9.21 Å². The molecule has 0 unspecified atom stereocenters. The van der Waals surface area contributed by atoms with Gasteiger partial charge in [0.1, 0.15) is 0 Å². The van der Waals surface area contributed by atoms with Gasteiger partial charge in [-0.25, -0.2) is 0 Å². The molecule has 0 saturated carbocycles. The first kappa shape index (κ1) is 11.0. The third kappa shape index (κ3) is 2.99. The van der Waals surface area contributed by atoms with Crippen molar-refractivity contribution in [1.29, 1.82) is 0 Å². The van der Waals surface area contributed by atoms with Crippen LogP contribution in [0.2, 0.25) is 0 Å². The lowest BCUT2D eigenvalue weighted by Gasteiger charge is -2.16.